The van der Waals surface area contributed by atoms with Crippen molar-refractivity contribution in [3.8, 4) is 11.9 Å². The molecule has 0 spiro atoms. The van der Waals surface area contributed by atoms with Gasteiger partial charge in [0.15, 0.2) is 0 Å². The molecule has 7 nitrogen and oxygen atoms in total. The zero-order valence-electron chi connectivity index (χ0n) is 9.57. The van der Waals surface area contributed by atoms with Gasteiger partial charge in [0.2, 0.25) is 5.82 Å². The van der Waals surface area contributed by atoms with Crippen molar-refractivity contribution in [3.63, 3.8) is 0 Å². The Morgan fingerprint density at radius 1 is 1.56 bits per heavy atom. The van der Waals surface area contributed by atoms with Crippen LogP contribution in [0.4, 0.5) is 5.69 Å². The number of hydrogen-bond acceptors (Lipinski definition) is 5. The number of rotatable bonds is 3. The SMILES string of the molecule is CCc1nccn1-c1ncc(C#N)cc1[N+](=O)[O-]. The third-order valence-electron chi connectivity index (χ3n) is 2.43. The number of aryl methyl sites for hydroxylation is 1. The molecule has 0 saturated heterocycles. The lowest BCUT2D eigenvalue weighted by Gasteiger charge is -2.05. The first-order valence-electron chi connectivity index (χ1n) is 5.24. The van der Waals surface area contributed by atoms with Crippen LogP contribution in [0.1, 0.15) is 18.3 Å². The molecule has 0 amide bonds. The van der Waals surface area contributed by atoms with Gasteiger partial charge in [-0.3, -0.25) is 14.7 Å². The van der Waals surface area contributed by atoms with Gasteiger partial charge in [0.05, 0.1) is 10.5 Å². The standard InChI is InChI=1S/C11H9N5O2/c1-2-10-13-3-4-15(10)11-9(16(17)18)5-8(6-12)7-14-11/h3-5,7H,2H2,1H3. The second kappa shape index (κ2) is 4.63. The third kappa shape index (κ3) is 1.91. The van der Waals surface area contributed by atoms with Gasteiger partial charge in [0.1, 0.15) is 11.9 Å². The summed E-state index contributed by atoms with van der Waals surface area (Å²) in [6, 6.07) is 3.04. The summed E-state index contributed by atoms with van der Waals surface area (Å²) in [6.45, 7) is 1.90. The monoisotopic (exact) mass is 243 g/mol. The molecule has 0 saturated carbocycles. The minimum absolute atomic E-state index is 0.156. The number of nitrogens with zero attached hydrogens (tertiary/aromatic N) is 5. The molecular weight excluding hydrogens is 234 g/mol. The number of aromatic nitrogens is 3. The first-order chi connectivity index (χ1) is 8.67. The largest absolute Gasteiger partial charge is 0.313 e. The van der Waals surface area contributed by atoms with E-state index < -0.39 is 4.92 Å². The minimum Gasteiger partial charge on any atom is -0.282 e. The summed E-state index contributed by atoms with van der Waals surface area (Å²) in [5.74, 6) is 0.851. The van der Waals surface area contributed by atoms with E-state index in [0.717, 1.165) is 0 Å². The van der Waals surface area contributed by atoms with E-state index in [1.54, 1.807) is 17.0 Å². The van der Waals surface area contributed by atoms with Crippen molar-refractivity contribution in [1.82, 2.24) is 14.5 Å². The molecule has 0 bridgehead atoms. The molecular formula is C11H9N5O2. The van der Waals surface area contributed by atoms with Crippen LogP contribution in [-0.4, -0.2) is 19.5 Å². The molecule has 0 radical (unpaired) electrons. The first kappa shape index (κ1) is 11.7. The van der Waals surface area contributed by atoms with Crippen LogP contribution in [0.25, 0.3) is 5.82 Å². The topological polar surface area (TPSA) is 97.6 Å². The third-order valence-corrected chi connectivity index (χ3v) is 2.43. The van der Waals surface area contributed by atoms with Crippen molar-refractivity contribution in [1.29, 1.82) is 5.26 Å². The second-order valence-electron chi connectivity index (χ2n) is 3.50. The van der Waals surface area contributed by atoms with Gasteiger partial charge in [0, 0.05) is 31.1 Å². The molecule has 0 aliphatic carbocycles. The summed E-state index contributed by atoms with van der Waals surface area (Å²) < 4.78 is 1.55. The van der Waals surface area contributed by atoms with E-state index in [9.17, 15) is 10.1 Å². The van der Waals surface area contributed by atoms with E-state index in [1.807, 2.05) is 13.0 Å². The molecule has 0 aliphatic heterocycles. The molecule has 0 N–H and O–H groups in total. The molecule has 2 aromatic heterocycles. The Kier molecular flexibility index (Phi) is 3.02. The lowest BCUT2D eigenvalue weighted by atomic mass is 10.2. The van der Waals surface area contributed by atoms with E-state index in [4.69, 9.17) is 5.26 Å². The van der Waals surface area contributed by atoms with Crippen molar-refractivity contribution in [2.75, 3.05) is 0 Å². The van der Waals surface area contributed by atoms with Crippen LogP contribution in [0, 0.1) is 21.4 Å². The average molecular weight is 243 g/mol. The van der Waals surface area contributed by atoms with Gasteiger partial charge >= 0.3 is 5.69 Å². The summed E-state index contributed by atoms with van der Waals surface area (Å²) in [6.07, 6.45) is 5.11. The van der Waals surface area contributed by atoms with Gasteiger partial charge in [-0.1, -0.05) is 6.92 Å². The molecule has 2 rings (SSSR count). The summed E-state index contributed by atoms with van der Waals surface area (Å²) in [5, 5.41) is 19.7. The molecule has 2 heterocycles. The van der Waals surface area contributed by atoms with Crippen LogP contribution in [0.5, 0.6) is 0 Å². The Labute approximate surface area is 102 Å². The molecule has 2 aromatic rings. The number of pyridine rings is 1. The van der Waals surface area contributed by atoms with Gasteiger partial charge < -0.3 is 0 Å². The van der Waals surface area contributed by atoms with Crippen LogP contribution in [-0.2, 0) is 6.42 Å². The smallest absolute Gasteiger partial charge is 0.282 e. The predicted octanol–water partition coefficient (Wildman–Crippen LogP) is 1.61. The molecule has 0 fully saturated rings. The summed E-state index contributed by atoms with van der Waals surface area (Å²) in [4.78, 5) is 18.5. The number of imidazole rings is 1. The molecule has 0 unspecified atom stereocenters. The highest BCUT2D eigenvalue weighted by Gasteiger charge is 2.19. The highest BCUT2D eigenvalue weighted by atomic mass is 16.6. The van der Waals surface area contributed by atoms with Crippen LogP contribution < -0.4 is 0 Å². The van der Waals surface area contributed by atoms with Gasteiger partial charge in [0.25, 0.3) is 0 Å². The Morgan fingerprint density at radius 3 is 2.94 bits per heavy atom. The Bertz CT molecular complexity index is 641. The zero-order chi connectivity index (χ0) is 13.1. The molecule has 0 atom stereocenters. The molecule has 0 aliphatic rings. The molecule has 90 valence electrons. The minimum atomic E-state index is -0.553. The maximum atomic E-state index is 11.0. The van der Waals surface area contributed by atoms with E-state index in [2.05, 4.69) is 9.97 Å². The second-order valence-corrected chi connectivity index (χ2v) is 3.50. The fourth-order valence-corrected chi connectivity index (χ4v) is 1.62. The fourth-order valence-electron chi connectivity index (χ4n) is 1.62. The van der Waals surface area contributed by atoms with Crippen LogP contribution in [0.2, 0.25) is 0 Å². The summed E-state index contributed by atoms with van der Waals surface area (Å²) in [7, 11) is 0. The maximum absolute atomic E-state index is 11.0. The molecule has 18 heavy (non-hydrogen) atoms. The van der Waals surface area contributed by atoms with Crippen LogP contribution >= 0.6 is 0 Å². The van der Waals surface area contributed by atoms with Gasteiger partial charge in [-0.15, -0.1) is 0 Å². The highest BCUT2D eigenvalue weighted by Crippen LogP contribution is 2.22. The number of nitriles is 1. The number of hydrogen-bond donors (Lipinski definition) is 0. The Balaban J connectivity index is 2.65. The molecule has 7 heteroatoms. The lowest BCUT2D eigenvalue weighted by molar-refractivity contribution is -0.384. The van der Waals surface area contributed by atoms with E-state index in [-0.39, 0.29) is 17.1 Å². The normalized spacial score (nSPS) is 10.0. The van der Waals surface area contributed by atoms with Crippen LogP contribution in [0.3, 0.4) is 0 Å². The first-order valence-corrected chi connectivity index (χ1v) is 5.24. The fraction of sp³-hybridized carbons (Fsp3) is 0.182. The summed E-state index contributed by atoms with van der Waals surface area (Å²) >= 11 is 0. The maximum Gasteiger partial charge on any atom is 0.313 e. The Morgan fingerprint density at radius 2 is 2.33 bits per heavy atom. The quantitative estimate of drug-likeness (QED) is 0.602. The highest BCUT2D eigenvalue weighted by molar-refractivity contribution is 5.51. The van der Waals surface area contributed by atoms with Crippen molar-refractivity contribution < 1.29 is 4.92 Å². The Hall–Kier alpha value is -2.75. The van der Waals surface area contributed by atoms with Crippen molar-refractivity contribution >= 4 is 5.69 Å². The summed E-state index contributed by atoms with van der Waals surface area (Å²) in [5.41, 5.74) is -0.0506. The van der Waals surface area contributed by atoms with Gasteiger partial charge in [-0.2, -0.15) is 5.26 Å². The van der Waals surface area contributed by atoms with Crippen molar-refractivity contribution in [2.45, 2.75) is 13.3 Å². The van der Waals surface area contributed by atoms with Crippen molar-refractivity contribution in [2.24, 2.45) is 0 Å². The van der Waals surface area contributed by atoms with E-state index in [1.165, 1.54) is 12.3 Å². The number of nitro groups is 1. The molecule has 0 aromatic carbocycles. The van der Waals surface area contributed by atoms with Gasteiger partial charge in [-0.05, 0) is 0 Å². The van der Waals surface area contributed by atoms with E-state index in [0.29, 0.717) is 12.2 Å². The van der Waals surface area contributed by atoms with Gasteiger partial charge in [-0.25, -0.2) is 9.97 Å². The average Bonchev–Trinajstić information content (AvgIpc) is 2.86. The van der Waals surface area contributed by atoms with Crippen LogP contribution in [0.15, 0.2) is 24.7 Å². The zero-order valence-corrected chi connectivity index (χ0v) is 9.57. The lowest BCUT2D eigenvalue weighted by Crippen LogP contribution is -2.06. The van der Waals surface area contributed by atoms with Crippen molar-refractivity contribution in [3.05, 3.63) is 46.2 Å². The van der Waals surface area contributed by atoms with E-state index >= 15 is 0 Å². The predicted molar refractivity (Wildman–Crippen MR) is 62.1 cm³/mol.